The fourth-order valence-electron chi connectivity index (χ4n) is 1.43. The van der Waals surface area contributed by atoms with Gasteiger partial charge in [0.2, 0.25) is 0 Å². The molecule has 0 saturated carbocycles. The Morgan fingerprint density at radius 3 is 2.88 bits per heavy atom. The first-order chi connectivity index (χ1) is 7.74. The van der Waals surface area contributed by atoms with Gasteiger partial charge in [-0.05, 0) is 37.6 Å². The fourth-order valence-corrected chi connectivity index (χ4v) is 1.43. The van der Waals surface area contributed by atoms with Gasteiger partial charge in [-0.2, -0.15) is 5.10 Å². The Morgan fingerprint density at radius 2 is 2.12 bits per heavy atom. The smallest absolute Gasteiger partial charge is 0.149 e. The molecule has 0 aromatic carbocycles. The van der Waals surface area contributed by atoms with Gasteiger partial charge in [0.15, 0.2) is 0 Å². The summed E-state index contributed by atoms with van der Waals surface area (Å²) in [5, 5.41) is 11.1. The average Bonchev–Trinajstić information content (AvgIpc) is 2.27. The molecule has 0 aliphatic rings. The van der Waals surface area contributed by atoms with Crippen LogP contribution in [0.4, 0.5) is 5.82 Å². The lowest BCUT2D eigenvalue weighted by Gasteiger charge is -2.05. The van der Waals surface area contributed by atoms with Crippen molar-refractivity contribution in [3.63, 3.8) is 0 Å². The van der Waals surface area contributed by atoms with Gasteiger partial charge in [-0.15, -0.1) is 5.10 Å². The molecule has 2 heterocycles. The number of hydrogen-bond acceptors (Lipinski definition) is 4. The van der Waals surface area contributed by atoms with Crippen molar-refractivity contribution in [2.24, 2.45) is 0 Å². The summed E-state index contributed by atoms with van der Waals surface area (Å²) in [6.45, 7) is 4.64. The number of rotatable bonds is 3. The number of anilines is 1. The molecule has 0 aliphatic carbocycles. The van der Waals surface area contributed by atoms with Gasteiger partial charge < -0.3 is 5.32 Å². The highest BCUT2D eigenvalue weighted by Gasteiger charge is 1.97. The van der Waals surface area contributed by atoms with Crippen molar-refractivity contribution in [2.45, 2.75) is 20.4 Å². The first-order valence-corrected chi connectivity index (χ1v) is 5.20. The highest BCUT2D eigenvalue weighted by atomic mass is 15.2. The normalized spacial score (nSPS) is 10.1. The Balaban J connectivity index is 2.02. The molecular formula is C12H14N4. The van der Waals surface area contributed by atoms with E-state index in [4.69, 9.17) is 0 Å². The van der Waals surface area contributed by atoms with Crippen LogP contribution in [0, 0.1) is 13.8 Å². The Morgan fingerprint density at radius 1 is 1.25 bits per heavy atom. The van der Waals surface area contributed by atoms with E-state index in [1.54, 1.807) is 6.20 Å². The summed E-state index contributed by atoms with van der Waals surface area (Å²) < 4.78 is 0. The Kier molecular flexibility index (Phi) is 3.10. The van der Waals surface area contributed by atoms with Crippen LogP contribution in [-0.4, -0.2) is 15.2 Å². The number of aryl methyl sites for hydroxylation is 2. The van der Waals surface area contributed by atoms with E-state index in [2.05, 4.69) is 20.5 Å². The van der Waals surface area contributed by atoms with Gasteiger partial charge >= 0.3 is 0 Å². The molecule has 82 valence electrons. The van der Waals surface area contributed by atoms with E-state index in [9.17, 15) is 0 Å². The van der Waals surface area contributed by atoms with Gasteiger partial charge in [-0.1, -0.05) is 6.07 Å². The minimum Gasteiger partial charge on any atom is -0.363 e. The molecule has 1 N–H and O–H groups in total. The van der Waals surface area contributed by atoms with Crippen molar-refractivity contribution in [1.29, 1.82) is 0 Å². The molecule has 0 fully saturated rings. The number of hydrogen-bond donors (Lipinski definition) is 1. The Labute approximate surface area is 94.8 Å². The lowest BCUT2D eigenvalue weighted by atomic mass is 10.3. The van der Waals surface area contributed by atoms with Crippen molar-refractivity contribution in [1.82, 2.24) is 15.2 Å². The summed E-state index contributed by atoms with van der Waals surface area (Å²) in [7, 11) is 0. The van der Waals surface area contributed by atoms with Crippen LogP contribution in [0.3, 0.4) is 0 Å². The molecule has 4 nitrogen and oxygen atoms in total. The van der Waals surface area contributed by atoms with E-state index < -0.39 is 0 Å². The number of nitrogens with one attached hydrogen (secondary N) is 1. The Bertz CT molecular complexity index is 436. The first-order valence-electron chi connectivity index (χ1n) is 5.20. The van der Waals surface area contributed by atoms with Crippen molar-refractivity contribution < 1.29 is 0 Å². The van der Waals surface area contributed by atoms with E-state index in [0.717, 1.165) is 22.8 Å². The van der Waals surface area contributed by atoms with E-state index in [1.165, 1.54) is 0 Å². The van der Waals surface area contributed by atoms with Gasteiger partial charge in [0.05, 0.1) is 18.4 Å². The van der Waals surface area contributed by atoms with Crippen LogP contribution in [0.1, 0.15) is 17.0 Å². The third-order valence-electron chi connectivity index (χ3n) is 2.19. The predicted molar refractivity (Wildman–Crippen MR) is 63.1 cm³/mol. The second-order valence-corrected chi connectivity index (χ2v) is 3.74. The van der Waals surface area contributed by atoms with E-state index in [0.29, 0.717) is 6.54 Å². The maximum Gasteiger partial charge on any atom is 0.149 e. The van der Waals surface area contributed by atoms with Crippen molar-refractivity contribution in [3.05, 3.63) is 47.4 Å². The molecular weight excluding hydrogens is 200 g/mol. The summed E-state index contributed by atoms with van der Waals surface area (Å²) in [5.41, 5.74) is 3.12. The monoisotopic (exact) mass is 214 g/mol. The van der Waals surface area contributed by atoms with Gasteiger partial charge in [-0.25, -0.2) is 0 Å². The predicted octanol–water partition coefficient (Wildman–Crippen LogP) is 2.10. The van der Waals surface area contributed by atoms with E-state index in [1.807, 2.05) is 38.1 Å². The molecule has 2 rings (SSSR count). The molecule has 2 aromatic heterocycles. The molecule has 2 aromatic rings. The molecule has 0 amide bonds. The van der Waals surface area contributed by atoms with Crippen molar-refractivity contribution >= 4 is 5.82 Å². The van der Waals surface area contributed by atoms with Gasteiger partial charge in [-0.3, -0.25) is 4.98 Å². The average molecular weight is 214 g/mol. The first kappa shape index (κ1) is 10.5. The topological polar surface area (TPSA) is 50.7 Å². The molecule has 0 bridgehead atoms. The second kappa shape index (κ2) is 4.70. The summed E-state index contributed by atoms with van der Waals surface area (Å²) in [4.78, 5) is 4.40. The molecule has 4 heteroatoms. The molecule has 0 saturated heterocycles. The summed E-state index contributed by atoms with van der Waals surface area (Å²) in [5.74, 6) is 0.781. The second-order valence-electron chi connectivity index (χ2n) is 3.74. The minimum absolute atomic E-state index is 0.666. The summed E-state index contributed by atoms with van der Waals surface area (Å²) in [6, 6.07) is 7.93. The molecule has 0 spiro atoms. The number of pyridine rings is 1. The number of aromatic nitrogens is 3. The third-order valence-corrected chi connectivity index (χ3v) is 2.19. The van der Waals surface area contributed by atoms with E-state index >= 15 is 0 Å². The zero-order valence-corrected chi connectivity index (χ0v) is 9.44. The minimum atomic E-state index is 0.666. The van der Waals surface area contributed by atoms with Gasteiger partial charge in [0.25, 0.3) is 0 Å². The molecule has 0 aliphatic heterocycles. The lowest BCUT2D eigenvalue weighted by molar-refractivity contribution is 0.960. The Hall–Kier alpha value is -1.97. The standard InChI is InChI=1S/C12H14N4/c1-9-6-12(16-14-7-9)13-8-11-5-3-4-10(2)15-11/h3-7H,8H2,1-2H3,(H,13,16). The highest BCUT2D eigenvalue weighted by molar-refractivity contribution is 5.35. The molecule has 0 unspecified atom stereocenters. The zero-order valence-electron chi connectivity index (χ0n) is 9.44. The zero-order chi connectivity index (χ0) is 11.4. The highest BCUT2D eigenvalue weighted by Crippen LogP contribution is 2.05. The number of nitrogens with zero attached hydrogens (tertiary/aromatic N) is 3. The van der Waals surface area contributed by atoms with Crippen LogP contribution in [-0.2, 0) is 6.54 Å². The van der Waals surface area contributed by atoms with E-state index in [-0.39, 0.29) is 0 Å². The maximum absolute atomic E-state index is 4.40. The quantitative estimate of drug-likeness (QED) is 0.850. The van der Waals surface area contributed by atoms with Gasteiger partial charge in [0, 0.05) is 5.69 Å². The van der Waals surface area contributed by atoms with Crippen molar-refractivity contribution in [3.8, 4) is 0 Å². The molecule has 0 radical (unpaired) electrons. The summed E-state index contributed by atoms with van der Waals surface area (Å²) >= 11 is 0. The molecule has 16 heavy (non-hydrogen) atoms. The lowest BCUT2D eigenvalue weighted by Crippen LogP contribution is -2.04. The SMILES string of the molecule is Cc1cnnc(NCc2cccc(C)n2)c1. The largest absolute Gasteiger partial charge is 0.363 e. The van der Waals surface area contributed by atoms with Crippen LogP contribution in [0.15, 0.2) is 30.5 Å². The fraction of sp³-hybridized carbons (Fsp3) is 0.250. The van der Waals surface area contributed by atoms with Crippen LogP contribution >= 0.6 is 0 Å². The maximum atomic E-state index is 4.40. The third kappa shape index (κ3) is 2.76. The van der Waals surface area contributed by atoms with Crippen LogP contribution in [0.5, 0.6) is 0 Å². The van der Waals surface area contributed by atoms with Crippen LogP contribution in [0.2, 0.25) is 0 Å². The molecule has 0 atom stereocenters. The van der Waals surface area contributed by atoms with Gasteiger partial charge in [0.1, 0.15) is 5.82 Å². The van der Waals surface area contributed by atoms with Crippen LogP contribution in [0.25, 0.3) is 0 Å². The van der Waals surface area contributed by atoms with Crippen LogP contribution < -0.4 is 5.32 Å². The van der Waals surface area contributed by atoms with Crippen molar-refractivity contribution in [2.75, 3.05) is 5.32 Å². The summed E-state index contributed by atoms with van der Waals surface area (Å²) in [6.07, 6.45) is 1.73.